The molecule has 1 heterocycles. The van der Waals surface area contributed by atoms with Gasteiger partial charge in [-0.05, 0) is 42.8 Å². The fraction of sp³-hybridized carbons (Fsp3) is 0.333. The third-order valence-electron chi connectivity index (χ3n) is 4.97. The van der Waals surface area contributed by atoms with Gasteiger partial charge in [0.15, 0.2) is 0 Å². The number of piperazine rings is 1. The molecule has 0 spiro atoms. The summed E-state index contributed by atoms with van der Waals surface area (Å²) >= 11 is 6.12. The van der Waals surface area contributed by atoms with Crippen LogP contribution < -0.4 is 9.64 Å². The summed E-state index contributed by atoms with van der Waals surface area (Å²) in [6.45, 7) is 3.77. The van der Waals surface area contributed by atoms with Crippen molar-refractivity contribution in [3.05, 3.63) is 58.6 Å². The Labute approximate surface area is 169 Å². The van der Waals surface area contributed by atoms with Crippen molar-refractivity contribution in [3.8, 4) is 5.75 Å². The highest BCUT2D eigenvalue weighted by molar-refractivity contribution is 6.31. The van der Waals surface area contributed by atoms with E-state index in [2.05, 4.69) is 4.90 Å². The lowest BCUT2D eigenvalue weighted by molar-refractivity contribution is -0.125. The molecule has 2 aromatic carbocycles. The average Bonchev–Trinajstić information content (AvgIpc) is 2.71. The lowest BCUT2D eigenvalue weighted by Gasteiger charge is -2.39. The van der Waals surface area contributed by atoms with Crippen molar-refractivity contribution in [2.75, 3.05) is 32.2 Å². The van der Waals surface area contributed by atoms with Crippen LogP contribution in [0.4, 0.5) is 5.69 Å². The molecule has 1 fully saturated rings. The fourth-order valence-corrected chi connectivity index (χ4v) is 3.51. The zero-order valence-electron chi connectivity index (χ0n) is 16.1. The summed E-state index contributed by atoms with van der Waals surface area (Å²) in [4.78, 5) is 28.4. The van der Waals surface area contributed by atoms with Crippen molar-refractivity contribution in [2.24, 2.45) is 0 Å². The number of carbonyl (C=O) groups is 2. The molecule has 0 radical (unpaired) electrons. The first-order valence-electron chi connectivity index (χ1n) is 9.01. The van der Waals surface area contributed by atoms with E-state index in [9.17, 15) is 9.59 Å². The van der Waals surface area contributed by atoms with Crippen LogP contribution in [0.2, 0.25) is 5.02 Å². The summed E-state index contributed by atoms with van der Waals surface area (Å²) in [6.07, 6.45) is 0. The number of anilines is 1. The molecule has 0 N–H and O–H groups in total. The summed E-state index contributed by atoms with van der Waals surface area (Å²) in [5.74, 6) is 0.258. The van der Waals surface area contributed by atoms with Gasteiger partial charge in [0.1, 0.15) is 5.75 Å². The summed E-state index contributed by atoms with van der Waals surface area (Å²) in [5, 5.41) is 0.560. The number of esters is 1. The van der Waals surface area contributed by atoms with E-state index in [1.54, 1.807) is 42.3 Å². The maximum atomic E-state index is 13.0. The molecule has 1 aliphatic heterocycles. The molecule has 1 amide bonds. The number of carbonyl (C=O) groups excluding carboxylic acids is 2. The first-order chi connectivity index (χ1) is 13.4. The van der Waals surface area contributed by atoms with Gasteiger partial charge in [-0.25, -0.2) is 4.79 Å². The molecule has 0 bridgehead atoms. The van der Waals surface area contributed by atoms with Crippen LogP contribution in [0.1, 0.15) is 22.8 Å². The number of hydrogen-bond donors (Lipinski definition) is 0. The average molecular weight is 403 g/mol. The van der Waals surface area contributed by atoms with Crippen molar-refractivity contribution in [3.63, 3.8) is 0 Å². The van der Waals surface area contributed by atoms with E-state index >= 15 is 0 Å². The van der Waals surface area contributed by atoms with Gasteiger partial charge in [0.2, 0.25) is 5.91 Å². The fourth-order valence-electron chi connectivity index (χ4n) is 3.34. The standard InChI is InChI=1S/C21H23ClN2O4/c1-14-20(25)24(18-12-17(22)8-9-19(18)27-2)11-10-23(14)13-15-4-6-16(7-5-15)21(26)28-3/h4-9,12,14H,10-11,13H2,1-3H3. The predicted molar refractivity (Wildman–Crippen MR) is 108 cm³/mol. The van der Waals surface area contributed by atoms with E-state index in [0.717, 1.165) is 5.56 Å². The number of nitrogens with zero attached hydrogens (tertiary/aromatic N) is 2. The second-order valence-electron chi connectivity index (χ2n) is 6.64. The van der Waals surface area contributed by atoms with E-state index in [0.29, 0.717) is 41.7 Å². The molecule has 1 aliphatic rings. The van der Waals surface area contributed by atoms with Gasteiger partial charge in [-0.15, -0.1) is 0 Å². The van der Waals surface area contributed by atoms with Crippen molar-refractivity contribution >= 4 is 29.2 Å². The van der Waals surface area contributed by atoms with Crippen LogP contribution in [0, 0.1) is 0 Å². The van der Waals surface area contributed by atoms with Gasteiger partial charge in [-0.3, -0.25) is 9.69 Å². The Kier molecular flexibility index (Phi) is 6.21. The van der Waals surface area contributed by atoms with Crippen LogP contribution in [0.25, 0.3) is 0 Å². The van der Waals surface area contributed by atoms with Gasteiger partial charge in [0.05, 0.1) is 31.5 Å². The minimum Gasteiger partial charge on any atom is -0.495 e. The molecule has 1 unspecified atom stereocenters. The maximum absolute atomic E-state index is 13.0. The second kappa shape index (κ2) is 8.63. The molecule has 7 heteroatoms. The van der Waals surface area contributed by atoms with Crippen molar-refractivity contribution < 1.29 is 19.1 Å². The number of hydrogen-bond acceptors (Lipinski definition) is 5. The minimum absolute atomic E-state index is 0.00185. The van der Waals surface area contributed by atoms with Gasteiger partial charge >= 0.3 is 5.97 Å². The first-order valence-corrected chi connectivity index (χ1v) is 9.38. The maximum Gasteiger partial charge on any atom is 0.337 e. The monoisotopic (exact) mass is 402 g/mol. The van der Waals surface area contributed by atoms with Gasteiger partial charge in [0, 0.05) is 24.7 Å². The highest BCUT2D eigenvalue weighted by Crippen LogP contribution is 2.33. The molecular formula is C21H23ClN2O4. The zero-order valence-corrected chi connectivity index (χ0v) is 16.9. The van der Waals surface area contributed by atoms with Crippen molar-refractivity contribution in [2.45, 2.75) is 19.5 Å². The normalized spacial score (nSPS) is 17.5. The summed E-state index contributed by atoms with van der Waals surface area (Å²) in [7, 11) is 2.94. The molecule has 0 saturated carbocycles. The van der Waals surface area contributed by atoms with Crippen molar-refractivity contribution in [1.29, 1.82) is 0 Å². The molecule has 3 rings (SSSR count). The molecular weight excluding hydrogens is 380 g/mol. The number of benzene rings is 2. The third-order valence-corrected chi connectivity index (χ3v) is 5.21. The minimum atomic E-state index is -0.362. The Hall–Kier alpha value is -2.57. The van der Waals surface area contributed by atoms with E-state index in [1.807, 2.05) is 19.1 Å². The third kappa shape index (κ3) is 4.13. The van der Waals surface area contributed by atoms with E-state index in [4.69, 9.17) is 21.1 Å². The highest BCUT2D eigenvalue weighted by Gasteiger charge is 2.33. The van der Waals surface area contributed by atoms with Crippen LogP contribution in [-0.2, 0) is 16.1 Å². The van der Waals surface area contributed by atoms with Crippen LogP contribution >= 0.6 is 11.6 Å². The SMILES string of the molecule is COC(=O)c1ccc(CN2CCN(c3cc(Cl)ccc3OC)C(=O)C2C)cc1. The van der Waals surface area contributed by atoms with Crippen LogP contribution in [0.15, 0.2) is 42.5 Å². The van der Waals surface area contributed by atoms with Crippen LogP contribution in [-0.4, -0.2) is 50.1 Å². The number of rotatable bonds is 5. The quantitative estimate of drug-likeness (QED) is 0.717. The van der Waals surface area contributed by atoms with Crippen molar-refractivity contribution in [1.82, 2.24) is 4.90 Å². The molecule has 28 heavy (non-hydrogen) atoms. The van der Waals surface area contributed by atoms with Crippen LogP contribution in [0.5, 0.6) is 5.75 Å². The molecule has 148 valence electrons. The van der Waals surface area contributed by atoms with E-state index in [1.165, 1.54) is 7.11 Å². The Morgan fingerprint density at radius 3 is 2.50 bits per heavy atom. The van der Waals surface area contributed by atoms with Gasteiger partial charge in [-0.1, -0.05) is 23.7 Å². The molecule has 2 aromatic rings. The highest BCUT2D eigenvalue weighted by atomic mass is 35.5. The summed E-state index contributed by atoms with van der Waals surface area (Å²) < 4.78 is 10.1. The Balaban J connectivity index is 1.73. The lowest BCUT2D eigenvalue weighted by Crippen LogP contribution is -2.55. The Morgan fingerprint density at radius 2 is 1.86 bits per heavy atom. The van der Waals surface area contributed by atoms with Gasteiger partial charge < -0.3 is 14.4 Å². The van der Waals surface area contributed by atoms with Gasteiger partial charge in [-0.2, -0.15) is 0 Å². The summed E-state index contributed by atoms with van der Waals surface area (Å²) in [6, 6.07) is 12.2. The number of amides is 1. The van der Waals surface area contributed by atoms with E-state index < -0.39 is 0 Å². The predicted octanol–water partition coefficient (Wildman–Crippen LogP) is 3.37. The number of halogens is 1. The largest absolute Gasteiger partial charge is 0.495 e. The smallest absolute Gasteiger partial charge is 0.337 e. The molecule has 0 aromatic heterocycles. The van der Waals surface area contributed by atoms with Gasteiger partial charge in [0.25, 0.3) is 0 Å². The molecule has 1 atom stereocenters. The first kappa shape index (κ1) is 20.2. The molecule has 0 aliphatic carbocycles. The topological polar surface area (TPSA) is 59.1 Å². The number of methoxy groups -OCH3 is 2. The van der Waals surface area contributed by atoms with E-state index in [-0.39, 0.29) is 17.9 Å². The van der Waals surface area contributed by atoms with Crippen LogP contribution in [0.3, 0.4) is 0 Å². The lowest BCUT2D eigenvalue weighted by atomic mass is 10.1. The molecule has 1 saturated heterocycles. The zero-order chi connectivity index (χ0) is 20.3. The summed E-state index contributed by atoms with van der Waals surface area (Å²) in [5.41, 5.74) is 2.23. The Bertz CT molecular complexity index is 869. The second-order valence-corrected chi connectivity index (χ2v) is 7.08. The number of ether oxygens (including phenoxy) is 2. The Morgan fingerprint density at radius 1 is 1.14 bits per heavy atom. The molecule has 6 nitrogen and oxygen atoms in total.